The molecule has 0 saturated heterocycles. The monoisotopic (exact) mass is 402 g/mol. The Morgan fingerprint density at radius 3 is 2.43 bits per heavy atom. The minimum Gasteiger partial charge on any atom is -0.486 e. The smallest absolute Gasteiger partial charge is 0.276 e. The van der Waals surface area contributed by atoms with Gasteiger partial charge >= 0.3 is 0 Å². The summed E-state index contributed by atoms with van der Waals surface area (Å²) in [6, 6.07) is 11.3. The number of hydrogen-bond acceptors (Lipinski definition) is 6. The second kappa shape index (κ2) is 9.36. The quantitative estimate of drug-likeness (QED) is 0.570. The number of ether oxygens (including phenoxy) is 3. The van der Waals surface area contributed by atoms with E-state index in [1.807, 2.05) is 50.2 Å². The molecule has 3 rings (SSSR count). The van der Waals surface area contributed by atoms with E-state index in [4.69, 9.17) is 14.2 Å². The Bertz CT molecular complexity index is 851. The van der Waals surface area contributed by atoms with Gasteiger partial charge in [-0.2, -0.15) is 0 Å². The maximum Gasteiger partial charge on any atom is 0.276 e. The van der Waals surface area contributed by atoms with Crippen molar-refractivity contribution in [2.75, 3.05) is 25.6 Å². The Balaban J connectivity index is 1.40. The van der Waals surface area contributed by atoms with Crippen molar-refractivity contribution in [3.63, 3.8) is 0 Å². The largest absolute Gasteiger partial charge is 0.486 e. The van der Waals surface area contributed by atoms with Crippen LogP contribution in [0.3, 0.4) is 0 Å². The third kappa shape index (κ3) is 5.32. The molecule has 2 amide bonds. The Kier molecular flexibility index (Phi) is 6.65. The molecule has 0 bridgehead atoms. The summed E-state index contributed by atoms with van der Waals surface area (Å²) < 4.78 is 16.5. The standard InChI is InChI=1S/C20H22N2O5S/c1-13-4-3-5-14(2)20(13)27-11-18(23)21-22-19(24)12-28-15-6-7-16-17(10-15)26-9-8-25-16/h3-7,10H,8-9,11-12H2,1-2H3,(H,21,23)(H,22,24). The first kappa shape index (κ1) is 19.9. The first-order chi connectivity index (χ1) is 13.5. The first-order valence-corrected chi connectivity index (χ1v) is 9.80. The average Bonchev–Trinajstić information content (AvgIpc) is 2.70. The number of nitrogens with one attached hydrogen (secondary N) is 2. The third-order valence-corrected chi connectivity index (χ3v) is 4.98. The van der Waals surface area contributed by atoms with Gasteiger partial charge in [-0.1, -0.05) is 18.2 Å². The second-order valence-corrected chi connectivity index (χ2v) is 7.25. The first-order valence-electron chi connectivity index (χ1n) is 8.82. The van der Waals surface area contributed by atoms with Crippen molar-refractivity contribution >= 4 is 23.6 Å². The minimum atomic E-state index is -0.430. The zero-order valence-electron chi connectivity index (χ0n) is 15.7. The number of benzene rings is 2. The molecule has 7 nitrogen and oxygen atoms in total. The highest BCUT2D eigenvalue weighted by Crippen LogP contribution is 2.34. The SMILES string of the molecule is Cc1cccc(C)c1OCC(=O)NNC(=O)CSc1ccc2c(c1)OCCO2. The number of amides is 2. The van der Waals surface area contributed by atoms with E-state index in [9.17, 15) is 9.59 Å². The lowest BCUT2D eigenvalue weighted by molar-refractivity contribution is -0.128. The van der Waals surface area contributed by atoms with Crippen molar-refractivity contribution < 1.29 is 23.8 Å². The molecule has 148 valence electrons. The van der Waals surface area contributed by atoms with Crippen LogP contribution in [0.25, 0.3) is 0 Å². The summed E-state index contributed by atoms with van der Waals surface area (Å²) in [7, 11) is 0. The van der Waals surface area contributed by atoms with E-state index >= 15 is 0 Å². The van der Waals surface area contributed by atoms with Gasteiger partial charge in [0.05, 0.1) is 5.75 Å². The Labute approximate surface area is 167 Å². The predicted molar refractivity (Wildman–Crippen MR) is 106 cm³/mol. The molecule has 2 aromatic carbocycles. The lowest BCUT2D eigenvalue weighted by Crippen LogP contribution is -2.44. The summed E-state index contributed by atoms with van der Waals surface area (Å²) in [6.07, 6.45) is 0. The van der Waals surface area contributed by atoms with Crippen molar-refractivity contribution in [3.8, 4) is 17.2 Å². The van der Waals surface area contributed by atoms with Crippen LogP contribution in [-0.4, -0.2) is 37.4 Å². The van der Waals surface area contributed by atoms with Gasteiger partial charge in [0.15, 0.2) is 18.1 Å². The van der Waals surface area contributed by atoms with Gasteiger partial charge in [-0.25, -0.2) is 0 Å². The average molecular weight is 402 g/mol. The molecule has 1 heterocycles. The summed E-state index contributed by atoms with van der Waals surface area (Å²) in [5.41, 5.74) is 6.64. The number of hydrogen-bond donors (Lipinski definition) is 2. The third-order valence-electron chi connectivity index (χ3n) is 3.98. The van der Waals surface area contributed by atoms with Gasteiger partial charge < -0.3 is 14.2 Å². The molecular formula is C20H22N2O5S. The van der Waals surface area contributed by atoms with Crippen LogP contribution >= 0.6 is 11.8 Å². The Hall–Kier alpha value is -2.87. The van der Waals surface area contributed by atoms with Crippen LogP contribution in [-0.2, 0) is 9.59 Å². The van der Waals surface area contributed by atoms with E-state index in [2.05, 4.69) is 10.9 Å². The van der Waals surface area contributed by atoms with Crippen molar-refractivity contribution in [3.05, 3.63) is 47.5 Å². The fourth-order valence-electron chi connectivity index (χ4n) is 2.64. The van der Waals surface area contributed by atoms with Gasteiger partial charge in [-0.15, -0.1) is 11.8 Å². The number of fused-ring (bicyclic) bond motifs is 1. The molecule has 2 aromatic rings. The topological polar surface area (TPSA) is 85.9 Å². The molecule has 8 heteroatoms. The summed E-state index contributed by atoms with van der Waals surface area (Å²) in [6.45, 7) is 4.70. The summed E-state index contributed by atoms with van der Waals surface area (Å²) in [5, 5.41) is 0. The Morgan fingerprint density at radius 1 is 1.00 bits per heavy atom. The lowest BCUT2D eigenvalue weighted by atomic mass is 10.1. The molecule has 2 N–H and O–H groups in total. The number of rotatable bonds is 6. The molecule has 0 saturated carbocycles. The molecule has 0 unspecified atom stereocenters. The van der Waals surface area contributed by atoms with E-state index in [1.165, 1.54) is 11.8 Å². The summed E-state index contributed by atoms with van der Waals surface area (Å²) in [5.74, 6) is 1.46. The van der Waals surface area contributed by atoms with Crippen molar-refractivity contribution in [2.45, 2.75) is 18.7 Å². The van der Waals surface area contributed by atoms with Crippen LogP contribution in [0.2, 0.25) is 0 Å². The normalized spacial score (nSPS) is 12.2. The van der Waals surface area contributed by atoms with E-state index in [1.54, 1.807) is 0 Å². The molecule has 0 spiro atoms. The predicted octanol–water partition coefficient (Wildman–Crippen LogP) is 2.39. The second-order valence-electron chi connectivity index (χ2n) is 6.20. The molecule has 0 radical (unpaired) electrons. The minimum absolute atomic E-state index is 0.150. The molecule has 0 aliphatic carbocycles. The van der Waals surface area contributed by atoms with E-state index < -0.39 is 5.91 Å². The maximum absolute atomic E-state index is 11.9. The molecule has 0 atom stereocenters. The molecular weight excluding hydrogens is 380 g/mol. The Morgan fingerprint density at radius 2 is 1.68 bits per heavy atom. The van der Waals surface area contributed by atoms with E-state index in [0.29, 0.717) is 30.5 Å². The van der Waals surface area contributed by atoms with Crippen LogP contribution < -0.4 is 25.1 Å². The number of carbonyl (C=O) groups is 2. The van der Waals surface area contributed by atoms with Crippen molar-refractivity contribution in [1.29, 1.82) is 0 Å². The zero-order valence-corrected chi connectivity index (χ0v) is 16.6. The van der Waals surface area contributed by atoms with E-state index in [0.717, 1.165) is 16.0 Å². The molecule has 1 aliphatic heterocycles. The van der Waals surface area contributed by atoms with Gasteiger partial charge in [-0.3, -0.25) is 20.4 Å². The van der Waals surface area contributed by atoms with Crippen LogP contribution in [0.15, 0.2) is 41.3 Å². The van der Waals surface area contributed by atoms with Crippen LogP contribution in [0.5, 0.6) is 17.2 Å². The van der Waals surface area contributed by atoms with Gasteiger partial charge in [0, 0.05) is 4.90 Å². The highest BCUT2D eigenvalue weighted by atomic mass is 32.2. The number of hydrazine groups is 1. The van der Waals surface area contributed by atoms with Crippen LogP contribution in [0, 0.1) is 13.8 Å². The van der Waals surface area contributed by atoms with Gasteiger partial charge in [0.25, 0.3) is 5.91 Å². The van der Waals surface area contributed by atoms with Crippen molar-refractivity contribution in [2.24, 2.45) is 0 Å². The van der Waals surface area contributed by atoms with Gasteiger partial charge in [0.1, 0.15) is 19.0 Å². The van der Waals surface area contributed by atoms with E-state index in [-0.39, 0.29) is 18.3 Å². The fraction of sp³-hybridized carbons (Fsp3) is 0.300. The molecule has 1 aliphatic rings. The fourth-order valence-corrected chi connectivity index (χ4v) is 3.36. The van der Waals surface area contributed by atoms with Gasteiger partial charge in [-0.05, 0) is 43.2 Å². The molecule has 0 fully saturated rings. The van der Waals surface area contributed by atoms with Crippen LogP contribution in [0.4, 0.5) is 0 Å². The zero-order chi connectivity index (χ0) is 19.9. The van der Waals surface area contributed by atoms with Gasteiger partial charge in [0.2, 0.25) is 5.91 Å². The van der Waals surface area contributed by atoms with Crippen LogP contribution in [0.1, 0.15) is 11.1 Å². The molecule has 28 heavy (non-hydrogen) atoms. The number of thioether (sulfide) groups is 1. The molecule has 0 aromatic heterocycles. The summed E-state index contributed by atoms with van der Waals surface area (Å²) >= 11 is 1.34. The number of carbonyl (C=O) groups excluding carboxylic acids is 2. The highest BCUT2D eigenvalue weighted by molar-refractivity contribution is 8.00. The van der Waals surface area contributed by atoms with Crippen molar-refractivity contribution in [1.82, 2.24) is 10.9 Å². The number of aryl methyl sites for hydroxylation is 2. The number of para-hydroxylation sites is 1. The summed E-state index contributed by atoms with van der Waals surface area (Å²) in [4.78, 5) is 24.7. The maximum atomic E-state index is 11.9. The lowest BCUT2D eigenvalue weighted by Gasteiger charge is -2.18. The highest BCUT2D eigenvalue weighted by Gasteiger charge is 2.13.